The molecular weight excluding hydrogens is 333 g/mol. The van der Waals surface area contributed by atoms with Crippen LogP contribution in [0.4, 0.5) is 0 Å². The fourth-order valence-corrected chi connectivity index (χ4v) is 2.99. The number of fused-ring (bicyclic) bond motifs is 1. The van der Waals surface area contributed by atoms with Crippen molar-refractivity contribution in [3.05, 3.63) is 69.2 Å². The number of carbonyl (C=O) groups excluding carboxylic acids is 1. The number of nitrogens with one attached hydrogen (secondary N) is 1. The number of carbonyl (C=O) groups is 1. The van der Waals surface area contributed by atoms with E-state index in [4.69, 9.17) is 28.9 Å². The third-order valence-electron chi connectivity index (χ3n) is 3.82. The lowest BCUT2D eigenvalue weighted by molar-refractivity contribution is 0.0976. The highest BCUT2D eigenvalue weighted by Gasteiger charge is 2.21. The molecule has 0 saturated heterocycles. The Kier molecular flexibility index (Phi) is 4.55. The second-order valence-corrected chi connectivity index (χ2v) is 6.17. The van der Waals surface area contributed by atoms with Crippen LogP contribution < -0.4 is 11.1 Å². The van der Waals surface area contributed by atoms with Crippen molar-refractivity contribution >= 4 is 35.1 Å². The Morgan fingerprint density at radius 1 is 1.17 bits per heavy atom. The van der Waals surface area contributed by atoms with Crippen molar-refractivity contribution in [2.45, 2.75) is 18.9 Å². The van der Waals surface area contributed by atoms with E-state index in [2.05, 4.69) is 16.4 Å². The molecule has 6 heteroatoms. The van der Waals surface area contributed by atoms with Crippen LogP contribution in [0, 0.1) is 0 Å². The molecule has 3 rings (SSSR count). The van der Waals surface area contributed by atoms with E-state index >= 15 is 0 Å². The molecule has 1 aliphatic carbocycles. The molecule has 1 aliphatic rings. The fraction of sp³-hybridized carbons (Fsp3) is 0.176. The monoisotopic (exact) mass is 347 g/mol. The molecule has 0 radical (unpaired) electrons. The molecule has 2 aromatic rings. The van der Waals surface area contributed by atoms with E-state index in [1.54, 1.807) is 12.1 Å². The minimum Gasteiger partial charge on any atom is -0.370 e. The molecule has 23 heavy (non-hydrogen) atoms. The summed E-state index contributed by atoms with van der Waals surface area (Å²) in [5.41, 5.74) is 8.70. The van der Waals surface area contributed by atoms with Gasteiger partial charge < -0.3 is 5.73 Å². The van der Waals surface area contributed by atoms with Crippen LogP contribution in [0.1, 0.15) is 33.9 Å². The van der Waals surface area contributed by atoms with Gasteiger partial charge in [0.05, 0.1) is 16.1 Å². The molecule has 3 N–H and O–H groups in total. The summed E-state index contributed by atoms with van der Waals surface area (Å²) in [6.45, 7) is 0. The molecule has 1 amide bonds. The van der Waals surface area contributed by atoms with Crippen LogP contribution in [0.3, 0.4) is 0 Å². The molecule has 0 saturated carbocycles. The third-order valence-corrected chi connectivity index (χ3v) is 4.56. The molecule has 1 unspecified atom stereocenters. The Hall–Kier alpha value is -2.04. The summed E-state index contributed by atoms with van der Waals surface area (Å²) in [4.78, 5) is 16.6. The minimum absolute atomic E-state index is 0.0136. The lowest BCUT2D eigenvalue weighted by Crippen LogP contribution is -2.37. The summed E-state index contributed by atoms with van der Waals surface area (Å²) in [6, 6.07) is 12.8. The average molecular weight is 348 g/mol. The Morgan fingerprint density at radius 3 is 2.74 bits per heavy atom. The quantitative estimate of drug-likeness (QED) is 0.642. The Labute approximate surface area is 144 Å². The van der Waals surface area contributed by atoms with Gasteiger partial charge in [0.1, 0.15) is 0 Å². The van der Waals surface area contributed by atoms with E-state index < -0.39 is 0 Å². The zero-order valence-electron chi connectivity index (χ0n) is 12.2. The molecule has 0 spiro atoms. The first-order valence-corrected chi connectivity index (χ1v) is 7.97. The first-order valence-electron chi connectivity index (χ1n) is 7.22. The van der Waals surface area contributed by atoms with Crippen LogP contribution in [0.5, 0.6) is 0 Å². The summed E-state index contributed by atoms with van der Waals surface area (Å²) in [5.74, 6) is -0.265. The van der Waals surface area contributed by atoms with E-state index in [1.165, 1.54) is 17.2 Å². The van der Waals surface area contributed by atoms with E-state index in [0.29, 0.717) is 15.6 Å². The molecular formula is C17H15Cl2N3O. The van der Waals surface area contributed by atoms with Crippen LogP contribution in [0.2, 0.25) is 10.0 Å². The lowest BCUT2D eigenvalue weighted by Gasteiger charge is -2.09. The highest BCUT2D eigenvalue weighted by Crippen LogP contribution is 2.33. The van der Waals surface area contributed by atoms with E-state index in [9.17, 15) is 4.79 Å². The largest absolute Gasteiger partial charge is 0.370 e. The number of rotatable bonds is 2. The van der Waals surface area contributed by atoms with E-state index in [1.807, 2.05) is 18.2 Å². The zero-order valence-corrected chi connectivity index (χ0v) is 13.7. The van der Waals surface area contributed by atoms with Crippen molar-refractivity contribution in [2.24, 2.45) is 10.7 Å². The maximum Gasteiger partial charge on any atom is 0.257 e. The van der Waals surface area contributed by atoms with Gasteiger partial charge in [0.2, 0.25) is 0 Å². The molecule has 4 nitrogen and oxygen atoms in total. The van der Waals surface area contributed by atoms with Gasteiger partial charge >= 0.3 is 0 Å². The van der Waals surface area contributed by atoms with Crippen molar-refractivity contribution < 1.29 is 4.79 Å². The van der Waals surface area contributed by atoms with Gasteiger partial charge in [-0.25, -0.2) is 4.99 Å². The minimum atomic E-state index is -0.365. The van der Waals surface area contributed by atoms with Crippen molar-refractivity contribution in [1.82, 2.24) is 5.32 Å². The Morgan fingerprint density at radius 2 is 1.96 bits per heavy atom. The van der Waals surface area contributed by atoms with E-state index in [-0.39, 0.29) is 17.9 Å². The summed E-state index contributed by atoms with van der Waals surface area (Å²) in [6.07, 6.45) is 1.86. The molecule has 2 aromatic carbocycles. The van der Waals surface area contributed by atoms with E-state index in [0.717, 1.165) is 12.8 Å². The van der Waals surface area contributed by atoms with Crippen LogP contribution >= 0.6 is 23.2 Å². The smallest absolute Gasteiger partial charge is 0.257 e. The molecule has 1 atom stereocenters. The number of guanidine groups is 1. The van der Waals surface area contributed by atoms with Crippen LogP contribution in [-0.2, 0) is 6.42 Å². The standard InChI is InChI=1S/C17H15Cl2N3O/c18-13-7-5-11(9-14(13)19)16(23)22-17(20)21-15-8-6-10-3-1-2-4-12(10)15/h1-5,7,9,15H,6,8H2,(H3,20,21,22,23). The first-order chi connectivity index (χ1) is 11.0. The molecule has 0 bridgehead atoms. The van der Waals surface area contributed by atoms with Gasteiger partial charge in [0.25, 0.3) is 5.91 Å². The number of nitrogens with two attached hydrogens (primary N) is 1. The summed E-state index contributed by atoms with van der Waals surface area (Å²) >= 11 is 11.8. The second-order valence-electron chi connectivity index (χ2n) is 5.35. The maximum atomic E-state index is 12.2. The van der Waals surface area contributed by atoms with Crippen molar-refractivity contribution in [3.63, 3.8) is 0 Å². The fourth-order valence-electron chi connectivity index (χ4n) is 2.69. The van der Waals surface area contributed by atoms with Gasteiger partial charge in [-0.3, -0.25) is 10.1 Å². The molecule has 0 heterocycles. The van der Waals surface area contributed by atoms with Crippen LogP contribution in [0.15, 0.2) is 47.5 Å². The van der Waals surface area contributed by atoms with Gasteiger partial charge in [0, 0.05) is 5.56 Å². The normalized spacial score (nSPS) is 17.0. The van der Waals surface area contributed by atoms with Gasteiger partial charge in [-0.1, -0.05) is 47.5 Å². The maximum absolute atomic E-state index is 12.2. The number of amides is 1. The van der Waals surface area contributed by atoms with Crippen molar-refractivity contribution in [1.29, 1.82) is 0 Å². The zero-order chi connectivity index (χ0) is 16.4. The van der Waals surface area contributed by atoms with Crippen molar-refractivity contribution in [3.8, 4) is 0 Å². The molecule has 0 aliphatic heterocycles. The number of halogens is 2. The Balaban J connectivity index is 1.73. The number of hydrogen-bond acceptors (Lipinski definition) is 2. The van der Waals surface area contributed by atoms with Gasteiger partial charge in [-0.2, -0.15) is 0 Å². The van der Waals surface area contributed by atoms with Crippen LogP contribution in [0.25, 0.3) is 0 Å². The van der Waals surface area contributed by atoms with Gasteiger partial charge in [-0.05, 0) is 42.2 Å². The average Bonchev–Trinajstić information content (AvgIpc) is 2.93. The topological polar surface area (TPSA) is 67.5 Å². The second kappa shape index (κ2) is 6.60. The summed E-state index contributed by atoms with van der Waals surface area (Å²) in [7, 11) is 0. The Bertz CT molecular complexity index is 789. The first kappa shape index (κ1) is 15.8. The third kappa shape index (κ3) is 3.49. The number of aryl methyl sites for hydroxylation is 1. The number of hydrogen-bond donors (Lipinski definition) is 2. The summed E-state index contributed by atoms with van der Waals surface area (Å²) in [5, 5.41) is 3.30. The highest BCUT2D eigenvalue weighted by molar-refractivity contribution is 6.42. The molecule has 0 fully saturated rings. The molecule has 118 valence electrons. The number of nitrogens with zero attached hydrogens (tertiary/aromatic N) is 1. The predicted octanol–water partition coefficient (Wildman–Crippen LogP) is 3.73. The summed E-state index contributed by atoms with van der Waals surface area (Å²) < 4.78 is 0. The van der Waals surface area contributed by atoms with Gasteiger partial charge in [-0.15, -0.1) is 0 Å². The van der Waals surface area contributed by atoms with Crippen LogP contribution in [-0.4, -0.2) is 11.9 Å². The van der Waals surface area contributed by atoms with Crippen molar-refractivity contribution in [2.75, 3.05) is 0 Å². The molecule has 0 aromatic heterocycles. The SMILES string of the molecule is NC(=NC1CCc2ccccc21)NC(=O)c1ccc(Cl)c(Cl)c1. The number of aliphatic imine (C=N–C) groups is 1. The predicted molar refractivity (Wildman–Crippen MR) is 93.1 cm³/mol. The number of benzene rings is 2. The lowest BCUT2D eigenvalue weighted by atomic mass is 10.1. The van der Waals surface area contributed by atoms with Gasteiger partial charge in [0.15, 0.2) is 5.96 Å². The highest BCUT2D eigenvalue weighted by atomic mass is 35.5.